The highest BCUT2D eigenvalue weighted by Gasteiger charge is 2.17. The standard InChI is InChI=1S/C17H19NO3S/c1-3-4-13-6-8-16(22-13)17(19)18(2)10-12-5-7-14-15(9-12)21-11-20-14/h5-9H,3-4,10-11H2,1-2H3. The topological polar surface area (TPSA) is 38.8 Å². The molecule has 0 aliphatic carbocycles. The molecule has 0 fully saturated rings. The van der Waals surface area contributed by atoms with E-state index in [1.165, 1.54) is 4.88 Å². The van der Waals surface area contributed by atoms with Crippen LogP contribution in [-0.2, 0) is 13.0 Å². The molecule has 0 radical (unpaired) electrons. The minimum absolute atomic E-state index is 0.0602. The Hall–Kier alpha value is -2.01. The summed E-state index contributed by atoms with van der Waals surface area (Å²) in [6.45, 7) is 2.96. The second-order valence-corrected chi connectivity index (χ2v) is 6.53. The Morgan fingerprint density at radius 3 is 2.86 bits per heavy atom. The number of aryl methyl sites for hydroxylation is 1. The van der Waals surface area contributed by atoms with Gasteiger partial charge in [0, 0.05) is 18.5 Å². The van der Waals surface area contributed by atoms with Gasteiger partial charge in [0.25, 0.3) is 5.91 Å². The van der Waals surface area contributed by atoms with Crippen LogP contribution in [-0.4, -0.2) is 24.6 Å². The highest BCUT2D eigenvalue weighted by Crippen LogP contribution is 2.32. The minimum atomic E-state index is 0.0602. The fraction of sp³-hybridized carbons (Fsp3) is 0.353. The second-order valence-electron chi connectivity index (χ2n) is 5.36. The number of benzene rings is 1. The van der Waals surface area contributed by atoms with Gasteiger partial charge in [-0.1, -0.05) is 19.4 Å². The van der Waals surface area contributed by atoms with Crippen molar-refractivity contribution in [1.29, 1.82) is 0 Å². The molecule has 0 saturated heterocycles. The fourth-order valence-electron chi connectivity index (χ4n) is 2.45. The van der Waals surface area contributed by atoms with Gasteiger partial charge >= 0.3 is 0 Å². The molecule has 0 N–H and O–H groups in total. The molecular weight excluding hydrogens is 298 g/mol. The van der Waals surface area contributed by atoms with E-state index >= 15 is 0 Å². The van der Waals surface area contributed by atoms with Gasteiger partial charge in [0.1, 0.15) is 0 Å². The fourth-order valence-corrected chi connectivity index (χ4v) is 3.55. The Bertz CT molecular complexity index is 680. The first-order valence-corrected chi connectivity index (χ1v) is 8.21. The van der Waals surface area contributed by atoms with Crippen LogP contribution in [0.15, 0.2) is 30.3 Å². The van der Waals surface area contributed by atoms with Gasteiger partial charge in [-0.2, -0.15) is 0 Å². The summed E-state index contributed by atoms with van der Waals surface area (Å²) < 4.78 is 10.7. The summed E-state index contributed by atoms with van der Waals surface area (Å²) in [5, 5.41) is 0. The van der Waals surface area contributed by atoms with Crippen molar-refractivity contribution < 1.29 is 14.3 Å². The SMILES string of the molecule is CCCc1ccc(C(=O)N(C)Cc2ccc3c(c2)OCO3)s1. The van der Waals surface area contributed by atoms with Crippen LogP contribution in [0.4, 0.5) is 0 Å². The van der Waals surface area contributed by atoms with E-state index in [1.54, 1.807) is 16.2 Å². The van der Waals surface area contributed by atoms with Gasteiger partial charge in [0.15, 0.2) is 11.5 Å². The van der Waals surface area contributed by atoms with E-state index in [9.17, 15) is 4.79 Å². The summed E-state index contributed by atoms with van der Waals surface area (Å²) in [4.78, 5) is 16.3. The van der Waals surface area contributed by atoms with Gasteiger partial charge < -0.3 is 14.4 Å². The third-order valence-electron chi connectivity index (χ3n) is 3.57. The van der Waals surface area contributed by atoms with Crippen molar-refractivity contribution in [2.24, 2.45) is 0 Å². The molecule has 4 nitrogen and oxygen atoms in total. The molecule has 0 atom stereocenters. The van der Waals surface area contributed by atoms with Crippen LogP contribution in [0.5, 0.6) is 11.5 Å². The van der Waals surface area contributed by atoms with Crippen LogP contribution in [0.2, 0.25) is 0 Å². The predicted molar refractivity (Wildman–Crippen MR) is 86.7 cm³/mol. The zero-order valence-electron chi connectivity index (χ0n) is 12.8. The lowest BCUT2D eigenvalue weighted by molar-refractivity contribution is 0.0789. The summed E-state index contributed by atoms with van der Waals surface area (Å²) >= 11 is 1.59. The van der Waals surface area contributed by atoms with Gasteiger partial charge in [-0.15, -0.1) is 11.3 Å². The highest BCUT2D eigenvalue weighted by atomic mass is 32.1. The number of amides is 1. The minimum Gasteiger partial charge on any atom is -0.454 e. The molecule has 22 heavy (non-hydrogen) atoms. The number of hydrogen-bond acceptors (Lipinski definition) is 4. The molecule has 3 rings (SSSR count). The van der Waals surface area contributed by atoms with Crippen molar-refractivity contribution in [3.63, 3.8) is 0 Å². The van der Waals surface area contributed by atoms with E-state index in [1.807, 2.05) is 31.3 Å². The number of carbonyl (C=O) groups excluding carboxylic acids is 1. The van der Waals surface area contributed by atoms with Crippen LogP contribution in [0, 0.1) is 0 Å². The third kappa shape index (κ3) is 3.09. The maximum Gasteiger partial charge on any atom is 0.263 e. The number of nitrogens with zero attached hydrogens (tertiary/aromatic N) is 1. The summed E-state index contributed by atoms with van der Waals surface area (Å²) in [5.41, 5.74) is 1.03. The number of carbonyl (C=O) groups is 1. The number of hydrogen-bond donors (Lipinski definition) is 0. The number of ether oxygens (including phenoxy) is 2. The van der Waals surface area contributed by atoms with Crippen LogP contribution in [0.25, 0.3) is 0 Å². The molecular formula is C17H19NO3S. The number of rotatable bonds is 5. The molecule has 1 aromatic carbocycles. The Kier molecular flexibility index (Phi) is 4.34. The second kappa shape index (κ2) is 6.40. The summed E-state index contributed by atoms with van der Waals surface area (Å²) in [6, 6.07) is 9.77. The zero-order valence-corrected chi connectivity index (χ0v) is 13.6. The summed E-state index contributed by atoms with van der Waals surface area (Å²) in [5.74, 6) is 1.57. The van der Waals surface area contributed by atoms with E-state index in [-0.39, 0.29) is 12.7 Å². The van der Waals surface area contributed by atoms with Crippen LogP contribution in [0.1, 0.15) is 33.5 Å². The van der Waals surface area contributed by atoms with Gasteiger partial charge in [-0.25, -0.2) is 0 Å². The van der Waals surface area contributed by atoms with Gasteiger partial charge in [-0.3, -0.25) is 4.79 Å². The average Bonchev–Trinajstić information content (AvgIpc) is 3.15. The molecule has 116 valence electrons. The van der Waals surface area contributed by atoms with E-state index in [4.69, 9.17) is 9.47 Å². The normalized spacial score (nSPS) is 12.5. The molecule has 2 heterocycles. The lowest BCUT2D eigenvalue weighted by atomic mass is 10.2. The quantitative estimate of drug-likeness (QED) is 0.844. The molecule has 5 heteroatoms. The number of fused-ring (bicyclic) bond motifs is 1. The molecule has 0 unspecified atom stereocenters. The van der Waals surface area contributed by atoms with E-state index in [0.29, 0.717) is 6.54 Å². The van der Waals surface area contributed by atoms with Crippen molar-refractivity contribution in [1.82, 2.24) is 4.90 Å². The molecule has 1 aromatic heterocycles. The zero-order chi connectivity index (χ0) is 15.5. The van der Waals surface area contributed by atoms with Crippen LogP contribution in [0.3, 0.4) is 0 Å². The highest BCUT2D eigenvalue weighted by molar-refractivity contribution is 7.14. The first-order valence-electron chi connectivity index (χ1n) is 7.40. The van der Waals surface area contributed by atoms with E-state index in [0.717, 1.165) is 34.8 Å². The monoisotopic (exact) mass is 317 g/mol. The Labute approximate surface area is 134 Å². The first-order chi connectivity index (χ1) is 10.7. The molecule has 1 amide bonds. The lowest BCUT2D eigenvalue weighted by Crippen LogP contribution is -2.25. The molecule has 2 aromatic rings. The van der Waals surface area contributed by atoms with Crippen molar-refractivity contribution >= 4 is 17.2 Å². The van der Waals surface area contributed by atoms with Crippen molar-refractivity contribution in [2.45, 2.75) is 26.3 Å². The Balaban J connectivity index is 1.67. The maximum absolute atomic E-state index is 12.5. The van der Waals surface area contributed by atoms with E-state index in [2.05, 4.69) is 13.0 Å². The first kappa shape index (κ1) is 14.9. The van der Waals surface area contributed by atoms with Crippen molar-refractivity contribution in [3.8, 4) is 11.5 Å². The Morgan fingerprint density at radius 2 is 2.05 bits per heavy atom. The van der Waals surface area contributed by atoms with Crippen LogP contribution < -0.4 is 9.47 Å². The van der Waals surface area contributed by atoms with E-state index < -0.39 is 0 Å². The molecule has 1 aliphatic rings. The summed E-state index contributed by atoms with van der Waals surface area (Å²) in [7, 11) is 1.83. The third-order valence-corrected chi connectivity index (χ3v) is 4.71. The molecule has 1 aliphatic heterocycles. The summed E-state index contributed by atoms with van der Waals surface area (Å²) in [6.07, 6.45) is 2.13. The Morgan fingerprint density at radius 1 is 1.23 bits per heavy atom. The molecule has 0 bridgehead atoms. The molecule has 0 spiro atoms. The smallest absolute Gasteiger partial charge is 0.263 e. The molecule has 0 saturated carbocycles. The lowest BCUT2D eigenvalue weighted by Gasteiger charge is -2.16. The van der Waals surface area contributed by atoms with Crippen LogP contribution >= 0.6 is 11.3 Å². The van der Waals surface area contributed by atoms with Gasteiger partial charge in [0.2, 0.25) is 6.79 Å². The maximum atomic E-state index is 12.5. The van der Waals surface area contributed by atoms with Gasteiger partial charge in [0.05, 0.1) is 4.88 Å². The van der Waals surface area contributed by atoms with Gasteiger partial charge in [-0.05, 0) is 36.2 Å². The van der Waals surface area contributed by atoms with Crippen molar-refractivity contribution in [3.05, 3.63) is 45.6 Å². The number of thiophene rings is 1. The van der Waals surface area contributed by atoms with Crippen molar-refractivity contribution in [2.75, 3.05) is 13.8 Å². The predicted octanol–water partition coefficient (Wildman–Crippen LogP) is 3.70. The largest absolute Gasteiger partial charge is 0.454 e. The average molecular weight is 317 g/mol.